The third kappa shape index (κ3) is 2.67. The van der Waals surface area contributed by atoms with Gasteiger partial charge in [-0.05, 0) is 24.3 Å². The van der Waals surface area contributed by atoms with Crippen LogP contribution in [0, 0.1) is 0 Å². The lowest BCUT2D eigenvalue weighted by Gasteiger charge is -2.05. The van der Waals surface area contributed by atoms with Gasteiger partial charge in [-0.15, -0.1) is 0 Å². The number of fused-ring (bicyclic) bond motifs is 1. The smallest absolute Gasteiger partial charge is 0.355 e. The van der Waals surface area contributed by atoms with E-state index in [0.29, 0.717) is 16.6 Å². The van der Waals surface area contributed by atoms with Gasteiger partial charge >= 0.3 is 5.97 Å². The van der Waals surface area contributed by atoms with Crippen molar-refractivity contribution in [2.45, 2.75) is 0 Å². The number of ether oxygens (including phenoxy) is 1. The zero-order chi connectivity index (χ0) is 15.5. The number of aromatic nitrogens is 2. The molecule has 0 saturated heterocycles. The van der Waals surface area contributed by atoms with Crippen LogP contribution in [0.25, 0.3) is 10.9 Å². The molecule has 6 heteroatoms. The van der Waals surface area contributed by atoms with E-state index in [-0.39, 0.29) is 16.9 Å². The minimum Gasteiger partial charge on any atom is -0.453 e. The summed E-state index contributed by atoms with van der Waals surface area (Å²) in [5, 5.41) is 0.488. The third-order valence-corrected chi connectivity index (χ3v) is 3.19. The molecule has 0 unspecified atom stereocenters. The van der Waals surface area contributed by atoms with Crippen LogP contribution in [0.3, 0.4) is 0 Å². The van der Waals surface area contributed by atoms with Crippen molar-refractivity contribution in [1.82, 2.24) is 9.97 Å². The summed E-state index contributed by atoms with van der Waals surface area (Å²) in [6.45, 7) is -0.395. The normalized spacial score (nSPS) is 10.5. The molecule has 110 valence electrons. The number of carbonyl (C=O) groups excluding carboxylic acids is 2. The molecule has 0 aliphatic heterocycles. The van der Waals surface area contributed by atoms with Gasteiger partial charge in [0.1, 0.15) is 5.69 Å². The molecule has 22 heavy (non-hydrogen) atoms. The van der Waals surface area contributed by atoms with Crippen LogP contribution >= 0.6 is 0 Å². The van der Waals surface area contributed by atoms with Crippen LogP contribution in [0.15, 0.2) is 53.5 Å². The monoisotopic (exact) mass is 296 g/mol. The number of hydrogen-bond donors (Lipinski definition) is 2. The molecule has 2 N–H and O–H groups in total. The molecular formula is C16H12N2O4. The molecule has 3 aromatic rings. The number of pyridine rings is 1. The van der Waals surface area contributed by atoms with Crippen molar-refractivity contribution >= 4 is 22.7 Å². The summed E-state index contributed by atoms with van der Waals surface area (Å²) in [7, 11) is 0. The van der Waals surface area contributed by atoms with Crippen LogP contribution in [0.5, 0.6) is 0 Å². The van der Waals surface area contributed by atoms with Crippen molar-refractivity contribution < 1.29 is 14.3 Å². The highest BCUT2D eigenvalue weighted by Gasteiger charge is 2.14. The Hall–Kier alpha value is -3.15. The average Bonchev–Trinajstić information content (AvgIpc) is 3.06. The van der Waals surface area contributed by atoms with Crippen molar-refractivity contribution in [3.63, 3.8) is 0 Å². The standard InChI is InChI=1S/C16H12N2O4/c19-14-8-13(18-11-5-2-1-4-10(11)14)16(21)22-9-15(20)12-6-3-7-17-12/h1-8,17H,9H2,(H,18,19). The summed E-state index contributed by atoms with van der Waals surface area (Å²) in [5.74, 6) is -1.09. The second kappa shape index (κ2) is 5.69. The molecule has 0 saturated carbocycles. The second-order valence-electron chi connectivity index (χ2n) is 4.68. The predicted octanol–water partition coefficient (Wildman–Crippen LogP) is 1.90. The Morgan fingerprint density at radius 1 is 1.05 bits per heavy atom. The summed E-state index contributed by atoms with van der Waals surface area (Å²) < 4.78 is 4.94. The van der Waals surface area contributed by atoms with E-state index in [0.717, 1.165) is 0 Å². The van der Waals surface area contributed by atoms with Gasteiger partial charge in [-0.1, -0.05) is 12.1 Å². The van der Waals surface area contributed by atoms with E-state index in [1.807, 2.05) is 0 Å². The third-order valence-electron chi connectivity index (χ3n) is 3.19. The Morgan fingerprint density at radius 3 is 2.64 bits per heavy atom. The number of H-pyrrole nitrogens is 2. The minimum atomic E-state index is -0.747. The van der Waals surface area contributed by atoms with Gasteiger partial charge in [-0.2, -0.15) is 0 Å². The number of para-hydroxylation sites is 1. The number of esters is 1. The van der Waals surface area contributed by atoms with Crippen LogP contribution in [0.2, 0.25) is 0 Å². The number of ketones is 1. The minimum absolute atomic E-state index is 0.0167. The largest absolute Gasteiger partial charge is 0.453 e. The van der Waals surface area contributed by atoms with E-state index in [1.54, 1.807) is 42.6 Å². The summed E-state index contributed by atoms with van der Waals surface area (Å²) in [5.41, 5.74) is 0.637. The fraction of sp³-hybridized carbons (Fsp3) is 0.0625. The molecule has 2 aromatic heterocycles. The summed E-state index contributed by atoms with van der Waals surface area (Å²) in [6, 6.07) is 11.3. The fourth-order valence-corrected chi connectivity index (χ4v) is 2.10. The van der Waals surface area contributed by atoms with E-state index in [9.17, 15) is 14.4 Å². The van der Waals surface area contributed by atoms with Gasteiger partial charge in [0.25, 0.3) is 0 Å². The van der Waals surface area contributed by atoms with Crippen LogP contribution in [0.4, 0.5) is 0 Å². The summed E-state index contributed by atoms with van der Waals surface area (Å²) in [6.07, 6.45) is 1.61. The highest BCUT2D eigenvalue weighted by atomic mass is 16.5. The quantitative estimate of drug-likeness (QED) is 0.568. The SMILES string of the molecule is O=C(COC(=O)c1cc(=O)c2ccccc2[nH]1)c1ccc[nH]1. The van der Waals surface area contributed by atoms with Crippen molar-refractivity contribution in [2.24, 2.45) is 0 Å². The van der Waals surface area contributed by atoms with Crippen molar-refractivity contribution in [3.05, 3.63) is 70.3 Å². The van der Waals surface area contributed by atoms with E-state index < -0.39 is 12.6 Å². The first-order valence-electron chi connectivity index (χ1n) is 6.61. The first-order valence-corrected chi connectivity index (χ1v) is 6.61. The molecule has 0 aliphatic rings. The molecule has 1 aromatic carbocycles. The van der Waals surface area contributed by atoms with Gasteiger partial charge in [0, 0.05) is 23.2 Å². The molecule has 0 radical (unpaired) electrons. The number of carbonyl (C=O) groups is 2. The zero-order valence-electron chi connectivity index (χ0n) is 11.5. The summed E-state index contributed by atoms with van der Waals surface area (Å²) in [4.78, 5) is 41.2. The van der Waals surface area contributed by atoms with Gasteiger partial charge in [-0.25, -0.2) is 4.79 Å². The zero-order valence-corrected chi connectivity index (χ0v) is 11.5. The molecule has 0 fully saturated rings. The van der Waals surface area contributed by atoms with Gasteiger partial charge in [0.2, 0.25) is 5.78 Å². The average molecular weight is 296 g/mol. The Kier molecular flexibility index (Phi) is 3.57. The van der Waals surface area contributed by atoms with E-state index in [1.165, 1.54) is 6.07 Å². The Balaban J connectivity index is 1.78. The Labute approximate surface area is 124 Å². The number of Topliss-reactive ketones (excluding diaryl/α,β-unsaturated/α-hetero) is 1. The molecule has 2 heterocycles. The lowest BCUT2D eigenvalue weighted by Crippen LogP contribution is -2.17. The highest BCUT2D eigenvalue weighted by Crippen LogP contribution is 2.08. The van der Waals surface area contributed by atoms with Gasteiger partial charge in [0.05, 0.1) is 5.69 Å². The lowest BCUT2D eigenvalue weighted by atomic mass is 10.2. The molecular weight excluding hydrogens is 284 g/mol. The van der Waals surface area contributed by atoms with E-state index in [4.69, 9.17) is 4.74 Å². The molecule has 0 spiro atoms. The molecule has 0 amide bonds. The molecule has 0 bridgehead atoms. The van der Waals surface area contributed by atoms with E-state index in [2.05, 4.69) is 9.97 Å². The highest BCUT2D eigenvalue weighted by molar-refractivity contribution is 5.98. The van der Waals surface area contributed by atoms with Crippen LogP contribution in [-0.4, -0.2) is 28.3 Å². The number of aromatic amines is 2. The number of benzene rings is 1. The van der Waals surface area contributed by atoms with Gasteiger partial charge in [0.15, 0.2) is 12.0 Å². The van der Waals surface area contributed by atoms with Crippen molar-refractivity contribution in [1.29, 1.82) is 0 Å². The van der Waals surface area contributed by atoms with Crippen LogP contribution < -0.4 is 5.43 Å². The molecule has 3 rings (SSSR count). The van der Waals surface area contributed by atoms with Crippen LogP contribution in [0.1, 0.15) is 21.0 Å². The number of nitrogens with one attached hydrogen (secondary N) is 2. The Morgan fingerprint density at radius 2 is 1.86 bits per heavy atom. The van der Waals surface area contributed by atoms with E-state index >= 15 is 0 Å². The van der Waals surface area contributed by atoms with Gasteiger partial charge in [-0.3, -0.25) is 9.59 Å². The molecule has 0 atom stereocenters. The first-order chi connectivity index (χ1) is 10.6. The second-order valence-corrected chi connectivity index (χ2v) is 4.68. The summed E-state index contributed by atoms with van der Waals surface area (Å²) >= 11 is 0. The van der Waals surface area contributed by atoms with Crippen LogP contribution in [-0.2, 0) is 4.74 Å². The lowest BCUT2D eigenvalue weighted by molar-refractivity contribution is 0.0468. The van der Waals surface area contributed by atoms with Gasteiger partial charge < -0.3 is 14.7 Å². The molecule has 6 nitrogen and oxygen atoms in total. The fourth-order valence-electron chi connectivity index (χ4n) is 2.10. The maximum Gasteiger partial charge on any atom is 0.355 e. The van der Waals surface area contributed by atoms with Crippen molar-refractivity contribution in [2.75, 3.05) is 6.61 Å². The molecule has 0 aliphatic carbocycles. The number of rotatable bonds is 4. The first kappa shape index (κ1) is 13.8. The predicted molar refractivity (Wildman–Crippen MR) is 80.0 cm³/mol. The number of hydrogen-bond acceptors (Lipinski definition) is 4. The maximum absolute atomic E-state index is 12.0. The van der Waals surface area contributed by atoms with Crippen molar-refractivity contribution in [3.8, 4) is 0 Å². The Bertz CT molecular complexity index is 894. The maximum atomic E-state index is 12.0. The topological polar surface area (TPSA) is 92.0 Å².